The number of nitrogens with two attached hydrogens (primary N) is 1. The summed E-state index contributed by atoms with van der Waals surface area (Å²) in [4.78, 5) is 1.19. The van der Waals surface area contributed by atoms with E-state index in [4.69, 9.17) is 5.73 Å². The van der Waals surface area contributed by atoms with Gasteiger partial charge in [-0.05, 0) is 42.0 Å². The molecule has 112 valence electrons. The minimum atomic E-state index is -0.504. The lowest BCUT2D eigenvalue weighted by atomic mass is 9.79. The molecule has 0 aliphatic carbocycles. The maximum Gasteiger partial charge on any atom is 0.123 e. The summed E-state index contributed by atoms with van der Waals surface area (Å²) < 4.78 is 13.1. The van der Waals surface area contributed by atoms with E-state index in [1.807, 2.05) is 18.2 Å². The fourth-order valence-corrected chi connectivity index (χ4v) is 3.36. The molecule has 0 amide bonds. The van der Waals surface area contributed by atoms with E-state index >= 15 is 0 Å². The second-order valence-corrected chi connectivity index (χ2v) is 6.23. The Hall–Kier alpha value is -1.36. The van der Waals surface area contributed by atoms with Gasteiger partial charge in [0.25, 0.3) is 0 Å². The summed E-state index contributed by atoms with van der Waals surface area (Å²) in [6.45, 7) is 0.301. The van der Waals surface area contributed by atoms with Gasteiger partial charge in [-0.3, -0.25) is 0 Å². The number of halogens is 1. The first-order valence-corrected chi connectivity index (χ1v) is 7.93. The Morgan fingerprint density at radius 3 is 2.29 bits per heavy atom. The smallest absolute Gasteiger partial charge is 0.123 e. The molecule has 2 aromatic carbocycles. The summed E-state index contributed by atoms with van der Waals surface area (Å²) in [7, 11) is 0. The van der Waals surface area contributed by atoms with Gasteiger partial charge in [0.2, 0.25) is 0 Å². The first-order valence-electron chi connectivity index (χ1n) is 6.95. The third kappa shape index (κ3) is 4.06. The Balaban J connectivity index is 2.06. The summed E-state index contributed by atoms with van der Waals surface area (Å²) in [6, 6.07) is 16.4. The van der Waals surface area contributed by atoms with Crippen molar-refractivity contribution in [1.29, 1.82) is 0 Å². The van der Waals surface area contributed by atoms with Gasteiger partial charge in [0.15, 0.2) is 0 Å². The van der Waals surface area contributed by atoms with E-state index in [2.05, 4.69) is 12.1 Å². The van der Waals surface area contributed by atoms with Gasteiger partial charge in [-0.2, -0.15) is 0 Å². The molecule has 2 aromatic rings. The SMILES string of the molecule is NCC(CO)(CCSc1ccccc1)c1ccc(F)cc1. The van der Waals surface area contributed by atoms with E-state index in [0.29, 0.717) is 6.54 Å². The van der Waals surface area contributed by atoms with E-state index in [0.717, 1.165) is 17.7 Å². The molecule has 0 bridgehead atoms. The van der Waals surface area contributed by atoms with Gasteiger partial charge in [0.05, 0.1) is 6.61 Å². The Labute approximate surface area is 129 Å². The summed E-state index contributed by atoms with van der Waals surface area (Å²) in [6.07, 6.45) is 0.741. The lowest BCUT2D eigenvalue weighted by molar-refractivity contribution is 0.193. The van der Waals surface area contributed by atoms with Crippen molar-refractivity contribution < 1.29 is 9.50 Å². The predicted octanol–water partition coefficient (Wildman–Crippen LogP) is 3.20. The van der Waals surface area contributed by atoms with Crippen LogP contribution >= 0.6 is 11.8 Å². The third-order valence-corrected chi connectivity index (χ3v) is 4.76. The van der Waals surface area contributed by atoms with Crippen molar-refractivity contribution in [2.75, 3.05) is 18.9 Å². The minimum absolute atomic E-state index is 0.0372. The number of hydrogen-bond donors (Lipinski definition) is 2. The second kappa shape index (κ2) is 7.59. The van der Waals surface area contributed by atoms with Crippen LogP contribution in [0.5, 0.6) is 0 Å². The number of benzene rings is 2. The van der Waals surface area contributed by atoms with E-state index in [1.54, 1.807) is 23.9 Å². The average molecular weight is 305 g/mol. The normalized spacial score (nSPS) is 13.9. The van der Waals surface area contributed by atoms with Crippen LogP contribution < -0.4 is 5.73 Å². The molecule has 21 heavy (non-hydrogen) atoms. The Kier molecular flexibility index (Phi) is 5.79. The highest BCUT2D eigenvalue weighted by atomic mass is 32.2. The first-order chi connectivity index (χ1) is 10.2. The monoisotopic (exact) mass is 305 g/mol. The van der Waals surface area contributed by atoms with E-state index < -0.39 is 5.41 Å². The molecular formula is C17H20FNOS. The van der Waals surface area contributed by atoms with Crippen LogP contribution in [-0.4, -0.2) is 24.0 Å². The van der Waals surface area contributed by atoms with Crippen LogP contribution in [0, 0.1) is 5.82 Å². The van der Waals surface area contributed by atoms with Crippen LogP contribution in [-0.2, 0) is 5.41 Å². The zero-order valence-electron chi connectivity index (χ0n) is 11.8. The van der Waals surface area contributed by atoms with Gasteiger partial charge in [0, 0.05) is 16.9 Å². The van der Waals surface area contributed by atoms with Gasteiger partial charge in [-0.25, -0.2) is 4.39 Å². The highest BCUT2D eigenvalue weighted by Gasteiger charge is 2.29. The molecule has 3 N–H and O–H groups in total. The van der Waals surface area contributed by atoms with E-state index in [-0.39, 0.29) is 12.4 Å². The summed E-state index contributed by atoms with van der Waals surface area (Å²) >= 11 is 1.74. The van der Waals surface area contributed by atoms with E-state index in [1.165, 1.54) is 17.0 Å². The largest absolute Gasteiger partial charge is 0.395 e. The number of aliphatic hydroxyl groups excluding tert-OH is 1. The van der Waals surface area contributed by atoms with Gasteiger partial charge in [-0.15, -0.1) is 11.8 Å². The van der Waals surface area contributed by atoms with Crippen LogP contribution in [0.1, 0.15) is 12.0 Å². The zero-order valence-corrected chi connectivity index (χ0v) is 12.7. The standard InChI is InChI=1S/C17H20FNOS/c18-15-8-6-14(7-9-15)17(12-19,13-20)10-11-21-16-4-2-1-3-5-16/h1-9,20H,10-13,19H2. The molecule has 0 spiro atoms. The first kappa shape index (κ1) is 16.0. The van der Waals surface area contributed by atoms with E-state index in [9.17, 15) is 9.50 Å². The molecule has 0 saturated carbocycles. The maximum atomic E-state index is 13.1. The number of rotatable bonds is 7. The molecule has 2 rings (SSSR count). The third-order valence-electron chi connectivity index (χ3n) is 3.74. The van der Waals surface area contributed by atoms with Crippen molar-refractivity contribution >= 4 is 11.8 Å². The summed E-state index contributed by atoms with van der Waals surface area (Å²) in [5.74, 6) is 0.570. The van der Waals surface area contributed by atoms with Crippen molar-refractivity contribution in [3.63, 3.8) is 0 Å². The Morgan fingerprint density at radius 2 is 1.71 bits per heavy atom. The van der Waals surface area contributed by atoms with Gasteiger partial charge in [0.1, 0.15) is 5.82 Å². The topological polar surface area (TPSA) is 46.2 Å². The van der Waals surface area contributed by atoms with Crippen LogP contribution in [0.25, 0.3) is 0 Å². The number of hydrogen-bond acceptors (Lipinski definition) is 3. The number of aliphatic hydroxyl groups is 1. The fraction of sp³-hybridized carbons (Fsp3) is 0.294. The summed E-state index contributed by atoms with van der Waals surface area (Å²) in [5, 5.41) is 9.81. The molecule has 1 unspecified atom stereocenters. The van der Waals surface area contributed by atoms with Crippen molar-refractivity contribution in [2.45, 2.75) is 16.7 Å². The number of thioether (sulfide) groups is 1. The van der Waals surface area contributed by atoms with Crippen molar-refractivity contribution in [1.82, 2.24) is 0 Å². The predicted molar refractivity (Wildman–Crippen MR) is 86.0 cm³/mol. The molecule has 0 aromatic heterocycles. The van der Waals surface area contributed by atoms with Crippen LogP contribution in [0.4, 0.5) is 4.39 Å². The van der Waals surface area contributed by atoms with Crippen molar-refractivity contribution in [3.05, 3.63) is 66.0 Å². The highest BCUT2D eigenvalue weighted by Crippen LogP contribution is 2.30. The molecule has 1 atom stereocenters. The molecule has 2 nitrogen and oxygen atoms in total. The van der Waals surface area contributed by atoms with Crippen molar-refractivity contribution in [2.24, 2.45) is 5.73 Å². The zero-order chi connectivity index (χ0) is 15.1. The molecule has 0 aliphatic heterocycles. The molecule has 0 fully saturated rings. The second-order valence-electron chi connectivity index (χ2n) is 5.06. The molecule has 0 radical (unpaired) electrons. The quantitative estimate of drug-likeness (QED) is 0.772. The molecule has 0 aliphatic rings. The maximum absolute atomic E-state index is 13.1. The summed E-state index contributed by atoms with van der Waals surface area (Å²) in [5.41, 5.74) is 6.29. The van der Waals surface area contributed by atoms with Crippen molar-refractivity contribution in [3.8, 4) is 0 Å². The van der Waals surface area contributed by atoms with Gasteiger partial charge < -0.3 is 10.8 Å². The lowest BCUT2D eigenvalue weighted by Crippen LogP contribution is -2.39. The Bertz CT molecular complexity index is 540. The average Bonchev–Trinajstić information content (AvgIpc) is 2.54. The highest BCUT2D eigenvalue weighted by molar-refractivity contribution is 7.99. The fourth-order valence-electron chi connectivity index (χ4n) is 2.28. The van der Waals surface area contributed by atoms with Crippen LogP contribution in [0.3, 0.4) is 0 Å². The Morgan fingerprint density at radius 1 is 1.05 bits per heavy atom. The minimum Gasteiger partial charge on any atom is -0.395 e. The lowest BCUT2D eigenvalue weighted by Gasteiger charge is -2.31. The van der Waals surface area contributed by atoms with Crippen LogP contribution in [0.2, 0.25) is 0 Å². The molecule has 0 saturated heterocycles. The van der Waals surface area contributed by atoms with Gasteiger partial charge in [-0.1, -0.05) is 30.3 Å². The molecule has 0 heterocycles. The molecular weight excluding hydrogens is 285 g/mol. The molecule has 4 heteroatoms. The van der Waals surface area contributed by atoms with Crippen LogP contribution in [0.15, 0.2) is 59.5 Å². The van der Waals surface area contributed by atoms with Gasteiger partial charge >= 0.3 is 0 Å².